The summed E-state index contributed by atoms with van der Waals surface area (Å²) < 4.78 is 0. The van der Waals surface area contributed by atoms with E-state index in [0.717, 1.165) is 25.9 Å². The molecule has 1 aliphatic heterocycles. The van der Waals surface area contributed by atoms with E-state index in [0.29, 0.717) is 5.56 Å². The highest BCUT2D eigenvalue weighted by atomic mass is 16.4. The molecule has 2 rings (SSSR count). The van der Waals surface area contributed by atoms with E-state index >= 15 is 0 Å². The van der Waals surface area contributed by atoms with Crippen molar-refractivity contribution < 1.29 is 14.7 Å². The van der Waals surface area contributed by atoms with Crippen molar-refractivity contribution in [2.45, 2.75) is 32.7 Å². The van der Waals surface area contributed by atoms with Crippen molar-refractivity contribution >= 4 is 11.9 Å². The van der Waals surface area contributed by atoms with E-state index in [-0.39, 0.29) is 22.9 Å². The maximum atomic E-state index is 12.2. The SMILES string of the molecule is CC1(C)CNCCC(NC(=O)c2ccc(C(=O)O)cc2)C1. The number of benzene rings is 1. The fourth-order valence-corrected chi connectivity index (χ4v) is 2.70. The Morgan fingerprint density at radius 2 is 1.86 bits per heavy atom. The van der Waals surface area contributed by atoms with Crippen LogP contribution in [0.4, 0.5) is 0 Å². The molecule has 0 spiro atoms. The molecule has 1 atom stereocenters. The Balaban J connectivity index is 2.01. The fraction of sp³-hybridized carbons (Fsp3) is 0.500. The molecule has 1 heterocycles. The van der Waals surface area contributed by atoms with Crippen LogP contribution in [0.5, 0.6) is 0 Å². The summed E-state index contributed by atoms with van der Waals surface area (Å²) in [7, 11) is 0. The topological polar surface area (TPSA) is 78.4 Å². The van der Waals surface area contributed by atoms with E-state index in [1.54, 1.807) is 12.1 Å². The highest BCUT2D eigenvalue weighted by Gasteiger charge is 2.27. The zero-order valence-corrected chi connectivity index (χ0v) is 12.5. The van der Waals surface area contributed by atoms with Crippen molar-refractivity contribution in [2.75, 3.05) is 13.1 Å². The van der Waals surface area contributed by atoms with Gasteiger partial charge in [-0.05, 0) is 49.1 Å². The lowest BCUT2D eigenvalue weighted by Gasteiger charge is -2.26. The molecule has 0 bridgehead atoms. The molecule has 0 aromatic heterocycles. The monoisotopic (exact) mass is 290 g/mol. The Bertz CT molecular complexity index is 523. The van der Waals surface area contributed by atoms with Crippen LogP contribution in [-0.2, 0) is 0 Å². The summed E-state index contributed by atoms with van der Waals surface area (Å²) in [5.41, 5.74) is 0.836. The van der Waals surface area contributed by atoms with Gasteiger partial charge >= 0.3 is 5.97 Å². The van der Waals surface area contributed by atoms with Crippen molar-refractivity contribution in [1.82, 2.24) is 10.6 Å². The van der Waals surface area contributed by atoms with Crippen LogP contribution in [0.25, 0.3) is 0 Å². The third kappa shape index (κ3) is 4.29. The van der Waals surface area contributed by atoms with Crippen LogP contribution in [0.2, 0.25) is 0 Å². The maximum Gasteiger partial charge on any atom is 0.335 e. The molecule has 1 aromatic rings. The highest BCUT2D eigenvalue weighted by molar-refractivity contribution is 5.96. The van der Waals surface area contributed by atoms with Crippen LogP contribution < -0.4 is 10.6 Å². The summed E-state index contributed by atoms with van der Waals surface area (Å²) in [6.45, 7) is 6.22. The number of carboxylic acid groups (broad SMARTS) is 1. The van der Waals surface area contributed by atoms with E-state index in [2.05, 4.69) is 24.5 Å². The Hall–Kier alpha value is -1.88. The Morgan fingerprint density at radius 1 is 1.24 bits per heavy atom. The highest BCUT2D eigenvalue weighted by Crippen LogP contribution is 2.24. The van der Waals surface area contributed by atoms with Crippen LogP contribution in [0.1, 0.15) is 47.4 Å². The van der Waals surface area contributed by atoms with E-state index < -0.39 is 5.97 Å². The summed E-state index contributed by atoms with van der Waals surface area (Å²) >= 11 is 0. The second-order valence-corrected chi connectivity index (χ2v) is 6.39. The number of carbonyl (C=O) groups excluding carboxylic acids is 1. The molecule has 1 fully saturated rings. The average Bonchev–Trinajstić information content (AvgIpc) is 2.59. The molecule has 1 aromatic carbocycles. The molecule has 0 saturated carbocycles. The van der Waals surface area contributed by atoms with Crippen LogP contribution in [-0.4, -0.2) is 36.1 Å². The zero-order valence-electron chi connectivity index (χ0n) is 12.5. The van der Waals surface area contributed by atoms with Crippen molar-refractivity contribution in [3.63, 3.8) is 0 Å². The van der Waals surface area contributed by atoms with Gasteiger partial charge in [0.2, 0.25) is 0 Å². The number of nitrogens with one attached hydrogen (secondary N) is 2. The molecule has 1 unspecified atom stereocenters. The second kappa shape index (κ2) is 6.26. The van der Waals surface area contributed by atoms with Gasteiger partial charge in [0.15, 0.2) is 0 Å². The van der Waals surface area contributed by atoms with E-state index in [1.807, 2.05) is 0 Å². The minimum atomic E-state index is -0.987. The summed E-state index contributed by atoms with van der Waals surface area (Å²) in [5, 5.41) is 15.3. The van der Waals surface area contributed by atoms with Gasteiger partial charge in [-0.1, -0.05) is 13.8 Å². The molecule has 0 aliphatic carbocycles. The van der Waals surface area contributed by atoms with Gasteiger partial charge < -0.3 is 15.7 Å². The lowest BCUT2D eigenvalue weighted by molar-refractivity contribution is 0.0696. The maximum absolute atomic E-state index is 12.2. The summed E-state index contributed by atoms with van der Waals surface area (Å²) in [5.74, 6) is -1.13. The van der Waals surface area contributed by atoms with Gasteiger partial charge in [0, 0.05) is 18.2 Å². The first-order valence-corrected chi connectivity index (χ1v) is 7.22. The van der Waals surface area contributed by atoms with E-state index in [1.165, 1.54) is 12.1 Å². The van der Waals surface area contributed by atoms with Crippen LogP contribution in [0, 0.1) is 5.41 Å². The molecule has 1 amide bonds. The van der Waals surface area contributed by atoms with Crippen LogP contribution >= 0.6 is 0 Å². The van der Waals surface area contributed by atoms with Gasteiger partial charge in [-0.25, -0.2) is 4.79 Å². The lowest BCUT2D eigenvalue weighted by atomic mass is 9.86. The van der Waals surface area contributed by atoms with Gasteiger partial charge in [0.1, 0.15) is 0 Å². The van der Waals surface area contributed by atoms with Crippen molar-refractivity contribution in [3.05, 3.63) is 35.4 Å². The van der Waals surface area contributed by atoms with Crippen LogP contribution in [0.3, 0.4) is 0 Å². The lowest BCUT2D eigenvalue weighted by Crippen LogP contribution is -2.37. The molecule has 1 aliphatic rings. The molecule has 114 valence electrons. The molecule has 1 saturated heterocycles. The Labute approximate surface area is 124 Å². The molecule has 5 heteroatoms. The molecule has 3 N–H and O–H groups in total. The van der Waals surface area contributed by atoms with Gasteiger partial charge in [0.25, 0.3) is 5.91 Å². The number of hydrogen-bond acceptors (Lipinski definition) is 3. The third-order valence-electron chi connectivity index (χ3n) is 3.80. The molecule has 5 nitrogen and oxygen atoms in total. The second-order valence-electron chi connectivity index (χ2n) is 6.39. The molecule has 21 heavy (non-hydrogen) atoms. The number of aromatic carboxylic acids is 1. The first-order chi connectivity index (χ1) is 9.87. The van der Waals surface area contributed by atoms with Gasteiger partial charge in [0.05, 0.1) is 5.56 Å². The number of rotatable bonds is 3. The smallest absolute Gasteiger partial charge is 0.335 e. The Kier molecular flexibility index (Phi) is 4.63. The summed E-state index contributed by atoms with van der Waals surface area (Å²) in [4.78, 5) is 23.0. The predicted molar refractivity (Wildman–Crippen MR) is 80.5 cm³/mol. The Morgan fingerprint density at radius 3 is 2.48 bits per heavy atom. The van der Waals surface area contributed by atoms with E-state index in [4.69, 9.17) is 5.11 Å². The van der Waals surface area contributed by atoms with Crippen molar-refractivity contribution in [2.24, 2.45) is 5.41 Å². The first kappa shape index (κ1) is 15.5. The number of amides is 1. The number of carbonyl (C=O) groups is 2. The third-order valence-corrected chi connectivity index (χ3v) is 3.80. The number of hydrogen-bond donors (Lipinski definition) is 3. The molecular weight excluding hydrogens is 268 g/mol. The van der Waals surface area contributed by atoms with Crippen molar-refractivity contribution in [3.8, 4) is 0 Å². The van der Waals surface area contributed by atoms with Gasteiger partial charge in [-0.2, -0.15) is 0 Å². The average molecular weight is 290 g/mol. The normalized spacial score (nSPS) is 21.3. The molecular formula is C16H22N2O3. The van der Waals surface area contributed by atoms with E-state index in [9.17, 15) is 9.59 Å². The quantitative estimate of drug-likeness (QED) is 0.794. The van der Waals surface area contributed by atoms with Gasteiger partial charge in [-0.3, -0.25) is 4.79 Å². The van der Waals surface area contributed by atoms with Crippen LogP contribution in [0.15, 0.2) is 24.3 Å². The summed E-state index contributed by atoms with van der Waals surface area (Å²) in [6.07, 6.45) is 1.83. The first-order valence-electron chi connectivity index (χ1n) is 7.22. The largest absolute Gasteiger partial charge is 0.478 e. The fourth-order valence-electron chi connectivity index (χ4n) is 2.70. The molecule has 0 radical (unpaired) electrons. The number of carboxylic acids is 1. The summed E-state index contributed by atoms with van der Waals surface area (Å²) in [6, 6.07) is 6.16. The van der Waals surface area contributed by atoms with Crippen molar-refractivity contribution in [1.29, 1.82) is 0 Å². The predicted octanol–water partition coefficient (Wildman–Crippen LogP) is 1.89. The minimum absolute atomic E-state index is 0.140. The standard InChI is InChI=1S/C16H22N2O3/c1-16(2)9-13(7-8-17-10-16)18-14(19)11-3-5-12(6-4-11)15(20)21/h3-6,13,17H,7-10H2,1-2H3,(H,18,19)(H,20,21). The van der Waals surface area contributed by atoms with Gasteiger partial charge in [-0.15, -0.1) is 0 Å². The zero-order chi connectivity index (χ0) is 15.5. The minimum Gasteiger partial charge on any atom is -0.478 e.